The zero-order chi connectivity index (χ0) is 14.4. The summed E-state index contributed by atoms with van der Waals surface area (Å²) >= 11 is 0. The number of aryl methyl sites for hydroxylation is 1. The monoisotopic (exact) mass is 270 g/mol. The van der Waals surface area contributed by atoms with Gasteiger partial charge >= 0.3 is 0 Å². The average molecular weight is 270 g/mol. The highest BCUT2D eigenvalue weighted by Gasteiger charge is 2.16. The van der Waals surface area contributed by atoms with E-state index in [0.29, 0.717) is 18.8 Å². The van der Waals surface area contributed by atoms with Crippen LogP contribution in [0, 0.1) is 13.8 Å². The van der Waals surface area contributed by atoms with E-state index in [1.165, 1.54) is 0 Å². The molecule has 1 heterocycles. The molecule has 0 saturated heterocycles. The third-order valence-electron chi connectivity index (χ3n) is 3.01. The van der Waals surface area contributed by atoms with E-state index < -0.39 is 0 Å². The molecular formula is C12H22N4O3. The predicted molar refractivity (Wildman–Crippen MR) is 71.7 cm³/mol. The lowest BCUT2D eigenvalue weighted by molar-refractivity contribution is -0.133. The third-order valence-corrected chi connectivity index (χ3v) is 3.01. The van der Waals surface area contributed by atoms with Gasteiger partial charge in [-0.25, -0.2) is 0 Å². The maximum Gasteiger partial charge on any atom is 0.244 e. The minimum absolute atomic E-state index is 0.0747. The number of methoxy groups -OCH3 is 1. The SMILES string of the molecule is COCCN(CCO)C(=O)Cn1nc(C)c(N)c1C. The van der Waals surface area contributed by atoms with Crippen LogP contribution in [0.15, 0.2) is 0 Å². The normalized spacial score (nSPS) is 10.7. The Bertz CT molecular complexity index is 431. The molecule has 0 unspecified atom stereocenters. The molecule has 0 radical (unpaired) electrons. The molecule has 3 N–H and O–H groups in total. The van der Waals surface area contributed by atoms with Crippen molar-refractivity contribution in [1.29, 1.82) is 0 Å². The van der Waals surface area contributed by atoms with E-state index in [-0.39, 0.29) is 25.6 Å². The first-order valence-electron chi connectivity index (χ1n) is 6.18. The van der Waals surface area contributed by atoms with Crippen molar-refractivity contribution in [3.63, 3.8) is 0 Å². The fraction of sp³-hybridized carbons (Fsp3) is 0.667. The van der Waals surface area contributed by atoms with Gasteiger partial charge in [0.2, 0.25) is 5.91 Å². The van der Waals surface area contributed by atoms with E-state index in [1.807, 2.05) is 6.92 Å². The molecule has 0 fully saturated rings. The van der Waals surface area contributed by atoms with Crippen LogP contribution in [0.3, 0.4) is 0 Å². The number of nitrogens with zero attached hydrogens (tertiary/aromatic N) is 3. The van der Waals surface area contributed by atoms with Gasteiger partial charge in [0.15, 0.2) is 0 Å². The quantitative estimate of drug-likeness (QED) is 0.700. The number of nitrogens with two attached hydrogens (primary N) is 1. The summed E-state index contributed by atoms with van der Waals surface area (Å²) in [5, 5.41) is 13.2. The van der Waals surface area contributed by atoms with Gasteiger partial charge in [0.05, 0.1) is 30.3 Å². The Kier molecular flexibility index (Phi) is 5.78. The van der Waals surface area contributed by atoms with Crippen LogP contribution in [0.4, 0.5) is 5.69 Å². The lowest BCUT2D eigenvalue weighted by atomic mass is 10.3. The largest absolute Gasteiger partial charge is 0.396 e. The average Bonchev–Trinajstić information content (AvgIpc) is 2.62. The van der Waals surface area contributed by atoms with Gasteiger partial charge in [-0.05, 0) is 13.8 Å². The summed E-state index contributed by atoms with van der Waals surface area (Å²) < 4.78 is 6.54. The van der Waals surface area contributed by atoms with E-state index in [2.05, 4.69) is 5.10 Å². The summed E-state index contributed by atoms with van der Waals surface area (Å²) in [7, 11) is 1.57. The summed E-state index contributed by atoms with van der Waals surface area (Å²) in [6.07, 6.45) is 0. The first-order chi connectivity index (χ1) is 9.01. The van der Waals surface area contributed by atoms with Gasteiger partial charge in [0.1, 0.15) is 6.54 Å². The second kappa shape index (κ2) is 7.10. The number of rotatable bonds is 7. The molecule has 0 spiro atoms. The minimum Gasteiger partial charge on any atom is -0.396 e. The predicted octanol–water partition coefficient (Wildman–Crippen LogP) is -0.451. The first-order valence-corrected chi connectivity index (χ1v) is 6.18. The smallest absolute Gasteiger partial charge is 0.244 e. The molecule has 0 saturated carbocycles. The van der Waals surface area contributed by atoms with Crippen molar-refractivity contribution in [1.82, 2.24) is 14.7 Å². The van der Waals surface area contributed by atoms with Crippen LogP contribution in [-0.2, 0) is 16.1 Å². The zero-order valence-corrected chi connectivity index (χ0v) is 11.7. The van der Waals surface area contributed by atoms with Crippen LogP contribution in [-0.4, -0.2) is 59.1 Å². The second-order valence-corrected chi connectivity index (χ2v) is 4.34. The summed E-state index contributed by atoms with van der Waals surface area (Å²) in [6, 6.07) is 0. The highest BCUT2D eigenvalue weighted by atomic mass is 16.5. The Hall–Kier alpha value is -1.60. The van der Waals surface area contributed by atoms with Crippen LogP contribution in [0.5, 0.6) is 0 Å². The zero-order valence-electron chi connectivity index (χ0n) is 11.7. The van der Waals surface area contributed by atoms with Gasteiger partial charge in [-0.3, -0.25) is 9.48 Å². The number of carbonyl (C=O) groups is 1. The minimum atomic E-state index is -0.114. The van der Waals surface area contributed by atoms with Gasteiger partial charge < -0.3 is 20.5 Å². The third kappa shape index (κ3) is 3.93. The number of ether oxygens (including phenoxy) is 1. The molecule has 108 valence electrons. The Balaban J connectivity index is 2.72. The summed E-state index contributed by atoms with van der Waals surface area (Å²) in [6.45, 7) is 4.85. The molecule has 0 aliphatic carbocycles. The molecule has 1 amide bonds. The van der Waals surface area contributed by atoms with Crippen LogP contribution in [0.25, 0.3) is 0 Å². The van der Waals surface area contributed by atoms with Crippen molar-refractivity contribution in [3.05, 3.63) is 11.4 Å². The van der Waals surface area contributed by atoms with Crippen LogP contribution in [0.1, 0.15) is 11.4 Å². The Morgan fingerprint density at radius 2 is 2.16 bits per heavy atom. The topological polar surface area (TPSA) is 93.6 Å². The lowest BCUT2D eigenvalue weighted by Crippen LogP contribution is -2.38. The number of carbonyl (C=O) groups excluding carboxylic acids is 1. The number of anilines is 1. The molecule has 1 aromatic rings. The van der Waals surface area contributed by atoms with E-state index in [1.54, 1.807) is 23.6 Å². The summed E-state index contributed by atoms with van der Waals surface area (Å²) in [4.78, 5) is 13.7. The summed E-state index contributed by atoms with van der Waals surface area (Å²) in [5.74, 6) is -0.114. The molecule has 19 heavy (non-hydrogen) atoms. The molecular weight excluding hydrogens is 248 g/mol. The van der Waals surface area contributed by atoms with Crippen molar-refractivity contribution in [2.24, 2.45) is 0 Å². The van der Waals surface area contributed by atoms with Crippen molar-refractivity contribution in [2.75, 3.05) is 39.1 Å². The molecule has 7 heteroatoms. The number of aromatic nitrogens is 2. The number of hydrogen-bond donors (Lipinski definition) is 2. The highest BCUT2D eigenvalue weighted by molar-refractivity contribution is 5.76. The number of aliphatic hydroxyl groups is 1. The van der Waals surface area contributed by atoms with Crippen molar-refractivity contribution in [2.45, 2.75) is 20.4 Å². The van der Waals surface area contributed by atoms with Gasteiger partial charge in [-0.1, -0.05) is 0 Å². The molecule has 0 aliphatic heterocycles. The van der Waals surface area contributed by atoms with E-state index >= 15 is 0 Å². The Morgan fingerprint density at radius 1 is 1.47 bits per heavy atom. The fourth-order valence-electron chi connectivity index (χ4n) is 1.78. The lowest BCUT2D eigenvalue weighted by Gasteiger charge is -2.21. The van der Waals surface area contributed by atoms with E-state index in [9.17, 15) is 4.79 Å². The van der Waals surface area contributed by atoms with E-state index in [0.717, 1.165) is 11.4 Å². The molecule has 1 aromatic heterocycles. The standard InChI is InChI=1S/C12H22N4O3/c1-9-12(13)10(2)16(14-9)8-11(18)15(4-6-17)5-7-19-3/h17H,4-8,13H2,1-3H3. The molecule has 0 aromatic carbocycles. The number of aliphatic hydroxyl groups excluding tert-OH is 1. The first kappa shape index (κ1) is 15.5. The maximum absolute atomic E-state index is 12.1. The van der Waals surface area contributed by atoms with Crippen molar-refractivity contribution < 1.29 is 14.6 Å². The number of amides is 1. The summed E-state index contributed by atoms with van der Waals surface area (Å²) in [5.41, 5.74) is 7.93. The molecule has 0 atom stereocenters. The van der Waals surface area contributed by atoms with Crippen LogP contribution in [0.2, 0.25) is 0 Å². The maximum atomic E-state index is 12.1. The van der Waals surface area contributed by atoms with Gasteiger partial charge in [0.25, 0.3) is 0 Å². The molecule has 1 rings (SSSR count). The van der Waals surface area contributed by atoms with E-state index in [4.69, 9.17) is 15.6 Å². The Labute approximate surface area is 112 Å². The van der Waals surface area contributed by atoms with Gasteiger partial charge in [-0.2, -0.15) is 5.10 Å². The fourth-order valence-corrected chi connectivity index (χ4v) is 1.78. The van der Waals surface area contributed by atoms with Crippen molar-refractivity contribution >= 4 is 11.6 Å². The highest BCUT2D eigenvalue weighted by Crippen LogP contribution is 2.14. The molecule has 0 bridgehead atoms. The van der Waals surface area contributed by atoms with Crippen molar-refractivity contribution in [3.8, 4) is 0 Å². The van der Waals surface area contributed by atoms with Gasteiger partial charge in [-0.15, -0.1) is 0 Å². The molecule has 0 aliphatic rings. The number of nitrogen functional groups attached to an aromatic ring is 1. The Morgan fingerprint density at radius 3 is 2.63 bits per heavy atom. The van der Waals surface area contributed by atoms with Gasteiger partial charge in [0, 0.05) is 20.2 Å². The molecule has 7 nitrogen and oxygen atoms in total. The number of hydrogen-bond acceptors (Lipinski definition) is 5. The van der Waals surface area contributed by atoms with Crippen LogP contribution >= 0.6 is 0 Å². The second-order valence-electron chi connectivity index (χ2n) is 4.34. The van der Waals surface area contributed by atoms with Crippen LogP contribution < -0.4 is 5.73 Å².